The number of esters is 1. The van der Waals surface area contributed by atoms with Crippen molar-refractivity contribution in [2.45, 2.75) is 13.5 Å². The van der Waals surface area contributed by atoms with Gasteiger partial charge in [-0.3, -0.25) is 0 Å². The average Bonchev–Trinajstić information content (AvgIpc) is 2.65. The van der Waals surface area contributed by atoms with Crippen LogP contribution in [0.3, 0.4) is 0 Å². The molecule has 0 aliphatic carbocycles. The highest BCUT2D eigenvalue weighted by atomic mass is 16.5. The Balaban J connectivity index is 1.86. The normalized spacial score (nSPS) is 10.5. The van der Waals surface area contributed by atoms with Crippen molar-refractivity contribution >= 4 is 16.9 Å². The standard InChI is InChI=1S/C20H18O6/c1-3-24-17-7-5-4-6-16(17)20(22)25-12-13-10-19(21)26-18-11-14(23-2)8-9-15(13)18/h4-11H,3,12H2,1-2H3. The minimum Gasteiger partial charge on any atom is -0.497 e. The number of methoxy groups -OCH3 is 1. The van der Waals surface area contributed by atoms with Gasteiger partial charge in [0.05, 0.1) is 13.7 Å². The fourth-order valence-electron chi connectivity index (χ4n) is 2.59. The Hall–Kier alpha value is -3.28. The van der Waals surface area contributed by atoms with Crippen LogP contribution in [-0.2, 0) is 11.3 Å². The van der Waals surface area contributed by atoms with Crippen LogP contribution < -0.4 is 15.1 Å². The van der Waals surface area contributed by atoms with Crippen LogP contribution in [0.1, 0.15) is 22.8 Å². The van der Waals surface area contributed by atoms with E-state index in [1.807, 2.05) is 6.92 Å². The van der Waals surface area contributed by atoms with Gasteiger partial charge in [0, 0.05) is 23.1 Å². The molecule has 0 saturated heterocycles. The molecule has 0 aliphatic rings. The maximum absolute atomic E-state index is 12.4. The highest BCUT2D eigenvalue weighted by Crippen LogP contribution is 2.24. The maximum atomic E-state index is 12.4. The molecule has 3 aromatic rings. The lowest BCUT2D eigenvalue weighted by molar-refractivity contribution is 0.0469. The molecule has 1 heterocycles. The molecule has 0 fully saturated rings. The van der Waals surface area contributed by atoms with E-state index in [9.17, 15) is 9.59 Å². The van der Waals surface area contributed by atoms with Crippen molar-refractivity contribution in [3.8, 4) is 11.5 Å². The van der Waals surface area contributed by atoms with E-state index in [4.69, 9.17) is 18.6 Å². The monoisotopic (exact) mass is 354 g/mol. The van der Waals surface area contributed by atoms with Gasteiger partial charge in [-0.15, -0.1) is 0 Å². The van der Waals surface area contributed by atoms with Gasteiger partial charge in [-0.2, -0.15) is 0 Å². The maximum Gasteiger partial charge on any atom is 0.342 e. The van der Waals surface area contributed by atoms with Gasteiger partial charge in [-0.05, 0) is 31.2 Å². The second kappa shape index (κ2) is 7.74. The van der Waals surface area contributed by atoms with E-state index >= 15 is 0 Å². The minimum absolute atomic E-state index is 0.0618. The lowest BCUT2D eigenvalue weighted by Crippen LogP contribution is -2.09. The number of carbonyl (C=O) groups is 1. The van der Waals surface area contributed by atoms with Crippen LogP contribution in [0.2, 0.25) is 0 Å². The van der Waals surface area contributed by atoms with Gasteiger partial charge in [-0.1, -0.05) is 12.1 Å². The molecule has 0 atom stereocenters. The molecular formula is C20H18O6. The first kappa shape index (κ1) is 17.5. The third-order valence-corrected chi connectivity index (χ3v) is 3.80. The molecule has 1 aromatic heterocycles. The van der Waals surface area contributed by atoms with Crippen LogP contribution in [-0.4, -0.2) is 19.7 Å². The van der Waals surface area contributed by atoms with Crippen molar-refractivity contribution in [1.29, 1.82) is 0 Å². The van der Waals surface area contributed by atoms with Crippen molar-refractivity contribution in [2.75, 3.05) is 13.7 Å². The minimum atomic E-state index is -0.524. The molecule has 134 valence electrons. The Kier molecular flexibility index (Phi) is 5.22. The molecular weight excluding hydrogens is 336 g/mol. The Labute approximate surface area is 149 Å². The van der Waals surface area contributed by atoms with E-state index in [0.717, 1.165) is 0 Å². The van der Waals surface area contributed by atoms with Crippen LogP contribution in [0.5, 0.6) is 11.5 Å². The summed E-state index contributed by atoms with van der Waals surface area (Å²) in [5, 5.41) is 0.677. The zero-order valence-electron chi connectivity index (χ0n) is 14.5. The van der Waals surface area contributed by atoms with E-state index in [1.54, 1.807) is 42.5 Å². The molecule has 0 spiro atoms. The van der Waals surface area contributed by atoms with Gasteiger partial charge in [0.15, 0.2) is 0 Å². The van der Waals surface area contributed by atoms with Crippen molar-refractivity contribution < 1.29 is 23.4 Å². The predicted molar refractivity (Wildman–Crippen MR) is 95.8 cm³/mol. The zero-order chi connectivity index (χ0) is 18.5. The van der Waals surface area contributed by atoms with Crippen LogP contribution in [0.25, 0.3) is 11.0 Å². The Morgan fingerprint density at radius 1 is 1.12 bits per heavy atom. The molecule has 3 rings (SSSR count). The fraction of sp³-hybridized carbons (Fsp3) is 0.200. The number of hydrogen-bond donors (Lipinski definition) is 0. The molecule has 0 saturated carbocycles. The number of rotatable bonds is 6. The van der Waals surface area contributed by atoms with Gasteiger partial charge < -0.3 is 18.6 Å². The molecule has 0 amide bonds. The summed E-state index contributed by atoms with van der Waals surface area (Å²) >= 11 is 0. The van der Waals surface area contributed by atoms with Gasteiger partial charge >= 0.3 is 11.6 Å². The summed E-state index contributed by atoms with van der Waals surface area (Å²) < 4.78 is 21.2. The third kappa shape index (κ3) is 3.69. The summed E-state index contributed by atoms with van der Waals surface area (Å²) in [5.41, 5.74) is 0.744. The van der Waals surface area contributed by atoms with Gasteiger partial charge in [0.25, 0.3) is 0 Å². The average molecular weight is 354 g/mol. The van der Waals surface area contributed by atoms with E-state index < -0.39 is 11.6 Å². The summed E-state index contributed by atoms with van der Waals surface area (Å²) in [6.07, 6.45) is 0. The number of ether oxygens (including phenoxy) is 3. The predicted octanol–water partition coefficient (Wildman–Crippen LogP) is 3.56. The van der Waals surface area contributed by atoms with Crippen LogP contribution in [0.4, 0.5) is 0 Å². The summed E-state index contributed by atoms with van der Waals surface area (Å²) in [6.45, 7) is 2.22. The fourth-order valence-corrected chi connectivity index (χ4v) is 2.59. The van der Waals surface area contributed by atoms with Crippen molar-refractivity contribution in [1.82, 2.24) is 0 Å². The molecule has 0 aliphatic heterocycles. The lowest BCUT2D eigenvalue weighted by atomic mass is 10.1. The molecule has 0 radical (unpaired) electrons. The number of fused-ring (bicyclic) bond motifs is 1. The number of benzene rings is 2. The van der Waals surface area contributed by atoms with Gasteiger partial charge in [0.2, 0.25) is 0 Å². The van der Waals surface area contributed by atoms with Crippen LogP contribution >= 0.6 is 0 Å². The quantitative estimate of drug-likeness (QED) is 0.498. The Morgan fingerprint density at radius 3 is 2.69 bits per heavy atom. The first-order valence-electron chi connectivity index (χ1n) is 8.12. The first-order valence-corrected chi connectivity index (χ1v) is 8.12. The van der Waals surface area contributed by atoms with Crippen LogP contribution in [0, 0.1) is 0 Å². The molecule has 0 unspecified atom stereocenters. The summed E-state index contributed by atoms with van der Waals surface area (Å²) in [5.74, 6) is 0.506. The van der Waals surface area contributed by atoms with Crippen molar-refractivity contribution in [3.63, 3.8) is 0 Å². The summed E-state index contributed by atoms with van der Waals surface area (Å²) in [7, 11) is 1.53. The molecule has 2 aromatic carbocycles. The molecule has 0 N–H and O–H groups in total. The number of carbonyl (C=O) groups excluding carboxylic acids is 1. The second-order valence-electron chi connectivity index (χ2n) is 5.46. The first-order chi connectivity index (χ1) is 12.6. The second-order valence-corrected chi connectivity index (χ2v) is 5.46. The van der Waals surface area contributed by atoms with E-state index in [2.05, 4.69) is 0 Å². The molecule has 6 heteroatoms. The number of hydrogen-bond acceptors (Lipinski definition) is 6. The van der Waals surface area contributed by atoms with E-state index in [0.29, 0.717) is 40.2 Å². The zero-order valence-corrected chi connectivity index (χ0v) is 14.5. The number of para-hydroxylation sites is 1. The molecule has 0 bridgehead atoms. The summed E-state index contributed by atoms with van der Waals surface area (Å²) in [4.78, 5) is 24.2. The van der Waals surface area contributed by atoms with Gasteiger partial charge in [0.1, 0.15) is 29.3 Å². The van der Waals surface area contributed by atoms with Crippen LogP contribution in [0.15, 0.2) is 57.7 Å². The van der Waals surface area contributed by atoms with E-state index in [-0.39, 0.29) is 6.61 Å². The van der Waals surface area contributed by atoms with E-state index in [1.165, 1.54) is 13.2 Å². The van der Waals surface area contributed by atoms with Crippen molar-refractivity contribution in [2.24, 2.45) is 0 Å². The Bertz CT molecular complexity index is 989. The third-order valence-electron chi connectivity index (χ3n) is 3.80. The SMILES string of the molecule is CCOc1ccccc1C(=O)OCc1cc(=O)oc2cc(OC)ccc12. The highest BCUT2D eigenvalue weighted by Gasteiger charge is 2.15. The smallest absolute Gasteiger partial charge is 0.342 e. The summed E-state index contributed by atoms with van der Waals surface area (Å²) in [6, 6.07) is 13.3. The van der Waals surface area contributed by atoms with Gasteiger partial charge in [-0.25, -0.2) is 9.59 Å². The van der Waals surface area contributed by atoms with Crippen molar-refractivity contribution in [3.05, 3.63) is 70.1 Å². The molecule has 6 nitrogen and oxygen atoms in total. The highest BCUT2D eigenvalue weighted by molar-refractivity contribution is 5.92. The molecule has 26 heavy (non-hydrogen) atoms. The largest absolute Gasteiger partial charge is 0.497 e. The Morgan fingerprint density at radius 2 is 1.92 bits per heavy atom. The lowest BCUT2D eigenvalue weighted by Gasteiger charge is -2.11. The topological polar surface area (TPSA) is 75.0 Å².